The van der Waals surface area contributed by atoms with Crippen LogP contribution in [0.5, 0.6) is 0 Å². The van der Waals surface area contributed by atoms with Gasteiger partial charge in [0.05, 0.1) is 12.5 Å². The van der Waals surface area contributed by atoms with Crippen molar-refractivity contribution in [3.05, 3.63) is 29.8 Å². The second kappa shape index (κ2) is 8.11. The zero-order chi connectivity index (χ0) is 16.8. The number of primary amides is 1. The molecule has 0 aromatic heterocycles. The van der Waals surface area contributed by atoms with Gasteiger partial charge in [-0.15, -0.1) is 0 Å². The molecule has 0 bridgehead atoms. The van der Waals surface area contributed by atoms with Gasteiger partial charge in [0, 0.05) is 12.2 Å². The third kappa shape index (κ3) is 4.79. The number of hydrogen-bond donors (Lipinski definition) is 2. The van der Waals surface area contributed by atoms with E-state index < -0.39 is 0 Å². The number of rotatable bonds is 6. The molecule has 1 aromatic carbocycles. The minimum absolute atomic E-state index is 0.0362. The first-order valence-corrected chi connectivity index (χ1v) is 8.41. The molecule has 2 atom stereocenters. The molecule has 5 nitrogen and oxygen atoms in total. The van der Waals surface area contributed by atoms with Crippen LogP contribution in [0, 0.1) is 5.92 Å². The molecule has 0 spiro atoms. The largest absolute Gasteiger partial charge is 0.369 e. The predicted octanol–water partition coefficient (Wildman–Crippen LogP) is 2.34. The topological polar surface area (TPSA) is 75.4 Å². The van der Waals surface area contributed by atoms with Crippen molar-refractivity contribution in [2.75, 3.05) is 25.0 Å². The molecule has 0 unspecified atom stereocenters. The van der Waals surface area contributed by atoms with E-state index in [0.29, 0.717) is 19.0 Å². The Bertz CT molecular complexity index is 559. The van der Waals surface area contributed by atoms with Gasteiger partial charge < -0.3 is 11.1 Å². The molecular formula is C18H27N3O2. The van der Waals surface area contributed by atoms with E-state index in [-0.39, 0.29) is 17.7 Å². The number of nitrogens with one attached hydrogen (secondary N) is 1. The summed E-state index contributed by atoms with van der Waals surface area (Å²) in [5, 5.41) is 3.02. The lowest BCUT2D eigenvalue weighted by molar-refractivity contribution is -0.125. The number of nitrogens with zero attached hydrogens (tertiary/aromatic N) is 1. The molecule has 1 fully saturated rings. The number of para-hydroxylation sites is 1. The molecule has 5 heteroatoms. The van der Waals surface area contributed by atoms with Crippen LogP contribution in [-0.4, -0.2) is 36.3 Å². The highest BCUT2D eigenvalue weighted by molar-refractivity contribution is 5.93. The van der Waals surface area contributed by atoms with E-state index in [1.165, 1.54) is 0 Å². The van der Waals surface area contributed by atoms with Gasteiger partial charge in [0.15, 0.2) is 0 Å². The molecular weight excluding hydrogens is 290 g/mol. The van der Waals surface area contributed by atoms with Crippen molar-refractivity contribution in [3.8, 4) is 0 Å². The number of hydrogen-bond acceptors (Lipinski definition) is 3. The first-order valence-electron chi connectivity index (χ1n) is 8.41. The van der Waals surface area contributed by atoms with E-state index in [2.05, 4.69) is 25.2 Å². The van der Waals surface area contributed by atoms with Crippen molar-refractivity contribution in [3.63, 3.8) is 0 Å². The van der Waals surface area contributed by atoms with Crippen molar-refractivity contribution in [2.24, 2.45) is 11.7 Å². The van der Waals surface area contributed by atoms with Gasteiger partial charge >= 0.3 is 0 Å². The maximum atomic E-state index is 12.4. The van der Waals surface area contributed by atoms with Gasteiger partial charge in [0.1, 0.15) is 0 Å². The van der Waals surface area contributed by atoms with Gasteiger partial charge in [-0.2, -0.15) is 0 Å². The SMILES string of the molecule is CC[C@H](C)c1ccccc1NC(=O)CN1CCC[C@H](C(N)=O)C1. The van der Waals surface area contributed by atoms with Crippen molar-refractivity contribution < 1.29 is 9.59 Å². The normalized spacial score (nSPS) is 20.0. The fraction of sp³-hybridized carbons (Fsp3) is 0.556. The summed E-state index contributed by atoms with van der Waals surface area (Å²) in [5.74, 6) is -0.0345. The maximum Gasteiger partial charge on any atom is 0.238 e. The number of piperidine rings is 1. The van der Waals surface area contributed by atoms with E-state index in [0.717, 1.165) is 37.1 Å². The summed E-state index contributed by atoms with van der Waals surface area (Å²) < 4.78 is 0. The van der Waals surface area contributed by atoms with E-state index >= 15 is 0 Å². The lowest BCUT2D eigenvalue weighted by Crippen LogP contribution is -2.44. The summed E-state index contributed by atoms with van der Waals surface area (Å²) in [6.07, 6.45) is 2.76. The van der Waals surface area contributed by atoms with Crippen LogP contribution in [0.2, 0.25) is 0 Å². The van der Waals surface area contributed by atoms with Gasteiger partial charge in [-0.05, 0) is 43.4 Å². The van der Waals surface area contributed by atoms with Crippen LogP contribution in [0.3, 0.4) is 0 Å². The van der Waals surface area contributed by atoms with Gasteiger partial charge in [0.25, 0.3) is 0 Å². The summed E-state index contributed by atoms with van der Waals surface area (Å²) in [4.78, 5) is 25.7. The van der Waals surface area contributed by atoms with Crippen LogP contribution in [0.1, 0.15) is 44.6 Å². The van der Waals surface area contributed by atoms with E-state index in [1.54, 1.807) is 0 Å². The second-order valence-corrected chi connectivity index (χ2v) is 6.42. The fourth-order valence-corrected chi connectivity index (χ4v) is 3.08. The average Bonchev–Trinajstić information content (AvgIpc) is 2.54. The lowest BCUT2D eigenvalue weighted by Gasteiger charge is -2.30. The van der Waals surface area contributed by atoms with Gasteiger partial charge in [0.2, 0.25) is 11.8 Å². The Hall–Kier alpha value is -1.88. The monoisotopic (exact) mass is 317 g/mol. The fourth-order valence-electron chi connectivity index (χ4n) is 3.08. The van der Waals surface area contributed by atoms with Crippen LogP contribution in [0.25, 0.3) is 0 Å². The van der Waals surface area contributed by atoms with Crippen LogP contribution < -0.4 is 11.1 Å². The predicted molar refractivity (Wildman–Crippen MR) is 92.1 cm³/mol. The van der Waals surface area contributed by atoms with Gasteiger partial charge in [-0.1, -0.05) is 32.0 Å². The minimum Gasteiger partial charge on any atom is -0.369 e. The maximum absolute atomic E-state index is 12.4. The Morgan fingerprint density at radius 1 is 1.39 bits per heavy atom. The zero-order valence-electron chi connectivity index (χ0n) is 14.0. The number of carbonyl (C=O) groups is 2. The number of benzene rings is 1. The molecule has 0 radical (unpaired) electrons. The molecule has 0 aliphatic carbocycles. The smallest absolute Gasteiger partial charge is 0.238 e. The van der Waals surface area contributed by atoms with Crippen LogP contribution in [0.4, 0.5) is 5.69 Å². The molecule has 0 saturated carbocycles. The Morgan fingerprint density at radius 2 is 2.13 bits per heavy atom. The highest BCUT2D eigenvalue weighted by atomic mass is 16.2. The Kier molecular flexibility index (Phi) is 6.16. The summed E-state index contributed by atoms with van der Waals surface area (Å²) >= 11 is 0. The standard InChI is InChI=1S/C18H27N3O2/c1-3-13(2)15-8-4-5-9-16(15)20-17(22)12-21-10-6-7-14(11-21)18(19)23/h4-5,8-9,13-14H,3,6-7,10-12H2,1-2H3,(H2,19,23)(H,20,22)/t13-,14-/m0/s1. The number of amides is 2. The minimum atomic E-state index is -0.266. The molecule has 23 heavy (non-hydrogen) atoms. The number of nitrogens with two attached hydrogens (primary N) is 1. The highest BCUT2D eigenvalue weighted by Crippen LogP contribution is 2.26. The molecule has 3 N–H and O–H groups in total. The van der Waals surface area contributed by atoms with Crippen LogP contribution >= 0.6 is 0 Å². The van der Waals surface area contributed by atoms with Crippen LogP contribution in [-0.2, 0) is 9.59 Å². The summed E-state index contributed by atoms with van der Waals surface area (Å²) in [6.45, 7) is 6.02. The summed E-state index contributed by atoms with van der Waals surface area (Å²) in [6, 6.07) is 7.94. The number of anilines is 1. The summed E-state index contributed by atoms with van der Waals surface area (Å²) in [7, 11) is 0. The second-order valence-electron chi connectivity index (χ2n) is 6.42. The van der Waals surface area contributed by atoms with Crippen LogP contribution in [0.15, 0.2) is 24.3 Å². The highest BCUT2D eigenvalue weighted by Gasteiger charge is 2.25. The zero-order valence-corrected chi connectivity index (χ0v) is 14.0. The summed E-state index contributed by atoms with van der Waals surface area (Å²) in [5.41, 5.74) is 7.43. The van der Waals surface area contributed by atoms with Crippen molar-refractivity contribution in [2.45, 2.75) is 39.0 Å². The molecule has 1 aliphatic rings. The third-order valence-corrected chi connectivity index (χ3v) is 4.65. The molecule has 2 amide bonds. The molecule has 1 aliphatic heterocycles. The first-order chi connectivity index (χ1) is 11.0. The quantitative estimate of drug-likeness (QED) is 0.845. The van der Waals surface area contributed by atoms with Crippen molar-refractivity contribution in [1.82, 2.24) is 4.90 Å². The molecule has 1 saturated heterocycles. The van der Waals surface area contributed by atoms with E-state index in [1.807, 2.05) is 23.1 Å². The number of carbonyl (C=O) groups excluding carboxylic acids is 2. The Morgan fingerprint density at radius 3 is 2.83 bits per heavy atom. The van der Waals surface area contributed by atoms with E-state index in [4.69, 9.17) is 5.73 Å². The third-order valence-electron chi connectivity index (χ3n) is 4.65. The average molecular weight is 317 g/mol. The number of likely N-dealkylation sites (tertiary alicyclic amines) is 1. The lowest BCUT2D eigenvalue weighted by atomic mass is 9.96. The Labute approximate surface area is 138 Å². The van der Waals surface area contributed by atoms with Crippen molar-refractivity contribution >= 4 is 17.5 Å². The molecule has 2 rings (SSSR count). The molecule has 1 heterocycles. The first kappa shape index (κ1) is 17.5. The Balaban J connectivity index is 1.96. The van der Waals surface area contributed by atoms with Crippen molar-refractivity contribution in [1.29, 1.82) is 0 Å². The molecule has 1 aromatic rings. The van der Waals surface area contributed by atoms with Gasteiger partial charge in [-0.3, -0.25) is 14.5 Å². The molecule has 126 valence electrons. The van der Waals surface area contributed by atoms with Gasteiger partial charge in [-0.25, -0.2) is 0 Å². The van der Waals surface area contributed by atoms with E-state index in [9.17, 15) is 9.59 Å².